The average molecular weight is 379 g/mol. The number of hydrogen-bond donors (Lipinski definition) is 3. The average Bonchev–Trinajstić information content (AvgIpc) is 2.67. The van der Waals surface area contributed by atoms with E-state index < -0.39 is 5.91 Å². The summed E-state index contributed by atoms with van der Waals surface area (Å²) in [7, 11) is 0. The number of carbonyl (C=O) groups is 2. The fraction of sp³-hybridized carbons (Fsp3) is 0.0476. The van der Waals surface area contributed by atoms with Gasteiger partial charge in [-0.15, -0.1) is 11.8 Å². The number of amides is 2. The van der Waals surface area contributed by atoms with Crippen LogP contribution in [0.1, 0.15) is 26.3 Å². The van der Waals surface area contributed by atoms with Crippen molar-refractivity contribution in [2.24, 2.45) is 11.5 Å². The van der Waals surface area contributed by atoms with Gasteiger partial charge in [-0.3, -0.25) is 9.59 Å². The number of carbonyl (C=O) groups excluding carboxylic acids is 2. The van der Waals surface area contributed by atoms with Crippen LogP contribution in [0.3, 0.4) is 0 Å². The third-order valence-corrected chi connectivity index (χ3v) is 4.44. The van der Waals surface area contributed by atoms with Crippen LogP contribution in [0.4, 0.5) is 0 Å². The van der Waals surface area contributed by atoms with E-state index in [1.165, 1.54) is 0 Å². The highest BCUT2D eigenvalue weighted by molar-refractivity contribution is 7.98. The molecule has 6 heteroatoms. The molecule has 0 atom stereocenters. The normalized spacial score (nSPS) is 11.7. The summed E-state index contributed by atoms with van der Waals surface area (Å²) in [4.78, 5) is 24.8. The molecule has 0 aliphatic heterocycles. The molecule has 2 aromatic rings. The van der Waals surface area contributed by atoms with E-state index in [1.807, 2.05) is 24.5 Å². The molecule has 5 N–H and O–H groups in total. The highest BCUT2D eigenvalue weighted by atomic mass is 32.2. The lowest BCUT2D eigenvalue weighted by molar-refractivity contribution is 0.0963. The Labute approximate surface area is 162 Å². The van der Waals surface area contributed by atoms with Gasteiger partial charge < -0.3 is 16.8 Å². The largest absolute Gasteiger partial charge is 0.385 e. The Kier molecular flexibility index (Phi) is 7.02. The van der Waals surface area contributed by atoms with Crippen molar-refractivity contribution in [2.75, 3.05) is 6.26 Å². The number of primary amides is 1. The molecular formula is C21H21N3O2S. The molecule has 0 unspecified atom stereocenters. The number of thioether (sulfide) groups is 1. The lowest BCUT2D eigenvalue weighted by Gasteiger charge is -2.09. The second-order valence-electron chi connectivity index (χ2n) is 5.59. The zero-order valence-corrected chi connectivity index (χ0v) is 15.8. The molecule has 0 spiro atoms. The Morgan fingerprint density at radius 3 is 2.30 bits per heavy atom. The van der Waals surface area contributed by atoms with Crippen molar-refractivity contribution in [3.05, 3.63) is 95.8 Å². The molecule has 0 radical (unpaired) electrons. The van der Waals surface area contributed by atoms with Crippen molar-refractivity contribution in [3.63, 3.8) is 0 Å². The van der Waals surface area contributed by atoms with Gasteiger partial charge >= 0.3 is 0 Å². The van der Waals surface area contributed by atoms with Crippen molar-refractivity contribution < 1.29 is 9.59 Å². The first-order valence-electron chi connectivity index (χ1n) is 8.10. The van der Waals surface area contributed by atoms with Gasteiger partial charge in [-0.25, -0.2) is 0 Å². The van der Waals surface area contributed by atoms with E-state index in [0.29, 0.717) is 16.7 Å². The monoisotopic (exact) mass is 379 g/mol. The van der Waals surface area contributed by atoms with Gasteiger partial charge in [0.05, 0.1) is 0 Å². The fourth-order valence-electron chi connectivity index (χ4n) is 2.36. The molecular weight excluding hydrogens is 358 g/mol. The first kappa shape index (κ1) is 20.1. The molecule has 0 saturated carbocycles. The number of benzene rings is 2. The van der Waals surface area contributed by atoms with Crippen molar-refractivity contribution in [2.45, 2.75) is 4.90 Å². The highest BCUT2D eigenvalue weighted by Crippen LogP contribution is 2.19. The third kappa shape index (κ3) is 5.62. The van der Waals surface area contributed by atoms with Gasteiger partial charge in [0, 0.05) is 16.0 Å². The predicted molar refractivity (Wildman–Crippen MR) is 111 cm³/mol. The third-order valence-electron chi connectivity index (χ3n) is 3.70. The van der Waals surface area contributed by atoms with Gasteiger partial charge in [-0.1, -0.05) is 30.9 Å². The van der Waals surface area contributed by atoms with E-state index in [-0.39, 0.29) is 11.7 Å². The number of rotatable bonds is 7. The zero-order valence-electron chi connectivity index (χ0n) is 14.9. The maximum atomic E-state index is 12.3. The Hall–Kier alpha value is -3.25. The molecule has 138 valence electrons. The summed E-state index contributed by atoms with van der Waals surface area (Å²) in [6.07, 6.45) is 6.90. The minimum Gasteiger partial charge on any atom is -0.385 e. The number of nitrogens with two attached hydrogens (primary N) is 2. The van der Waals surface area contributed by atoms with Crippen LogP contribution >= 0.6 is 11.8 Å². The van der Waals surface area contributed by atoms with E-state index in [0.717, 1.165) is 10.5 Å². The van der Waals surface area contributed by atoms with Crippen LogP contribution in [0.25, 0.3) is 5.57 Å². The van der Waals surface area contributed by atoms with Crippen LogP contribution in [0.15, 0.2) is 84.1 Å². The van der Waals surface area contributed by atoms with E-state index >= 15 is 0 Å². The topological polar surface area (TPSA) is 98.2 Å². The lowest BCUT2D eigenvalue weighted by Crippen LogP contribution is -2.27. The van der Waals surface area contributed by atoms with Crippen LogP contribution < -0.4 is 16.8 Å². The molecule has 0 heterocycles. The minimum atomic E-state index is -0.520. The van der Waals surface area contributed by atoms with Crippen molar-refractivity contribution in [3.8, 4) is 0 Å². The molecule has 0 fully saturated rings. The molecule has 0 aromatic heterocycles. The quantitative estimate of drug-likeness (QED) is 0.508. The van der Waals surface area contributed by atoms with E-state index in [9.17, 15) is 9.59 Å². The standard InChI is InChI=1S/C21H21N3O2S/c1-3-5-15(16-6-4-7-17(12-16)20(23)25)13-19(22)24-21(26)14-8-10-18(27-2)11-9-14/h3-13H,1,22H2,2H3,(H2,23,25)(H,24,26)/b15-5+,19-13+. The minimum absolute atomic E-state index is 0.173. The summed E-state index contributed by atoms with van der Waals surface area (Å²) >= 11 is 1.60. The molecule has 27 heavy (non-hydrogen) atoms. The smallest absolute Gasteiger partial charge is 0.256 e. The van der Waals surface area contributed by atoms with Crippen LogP contribution in [0, 0.1) is 0 Å². The molecule has 0 saturated heterocycles. The van der Waals surface area contributed by atoms with Gasteiger partial charge in [0.15, 0.2) is 0 Å². The van der Waals surface area contributed by atoms with Crippen molar-refractivity contribution in [1.29, 1.82) is 0 Å². The number of hydrogen-bond acceptors (Lipinski definition) is 4. The molecule has 2 amide bonds. The van der Waals surface area contributed by atoms with Crippen LogP contribution in [0.2, 0.25) is 0 Å². The summed E-state index contributed by atoms with van der Waals surface area (Å²) in [5.74, 6) is -0.652. The van der Waals surface area contributed by atoms with Crippen LogP contribution in [0.5, 0.6) is 0 Å². The second-order valence-corrected chi connectivity index (χ2v) is 6.46. The SMILES string of the molecule is C=C/C=C(\C=C(/N)NC(=O)c1ccc(SC)cc1)c1cccc(C(N)=O)c1. The Bertz CT molecular complexity index is 915. The molecule has 5 nitrogen and oxygen atoms in total. The first-order chi connectivity index (χ1) is 12.9. The number of allylic oxidation sites excluding steroid dienone is 4. The van der Waals surface area contributed by atoms with E-state index in [1.54, 1.807) is 60.3 Å². The molecule has 2 rings (SSSR count). The molecule has 0 aliphatic carbocycles. The van der Waals surface area contributed by atoms with E-state index in [2.05, 4.69) is 11.9 Å². The van der Waals surface area contributed by atoms with Gasteiger partial charge in [-0.2, -0.15) is 0 Å². The number of nitrogens with one attached hydrogen (secondary N) is 1. The Morgan fingerprint density at radius 1 is 1.04 bits per heavy atom. The Balaban J connectivity index is 2.22. The lowest BCUT2D eigenvalue weighted by atomic mass is 10.0. The summed E-state index contributed by atoms with van der Waals surface area (Å²) in [6, 6.07) is 14.1. The maximum Gasteiger partial charge on any atom is 0.256 e. The zero-order chi connectivity index (χ0) is 19.8. The van der Waals surface area contributed by atoms with Gasteiger partial charge in [0.2, 0.25) is 5.91 Å². The van der Waals surface area contributed by atoms with Crippen LogP contribution in [-0.4, -0.2) is 18.1 Å². The second kappa shape index (κ2) is 9.45. The Morgan fingerprint density at radius 2 is 1.70 bits per heavy atom. The summed E-state index contributed by atoms with van der Waals surface area (Å²) in [6.45, 7) is 3.69. The molecule has 0 bridgehead atoms. The van der Waals surface area contributed by atoms with E-state index in [4.69, 9.17) is 11.5 Å². The van der Waals surface area contributed by atoms with Gasteiger partial charge in [0.25, 0.3) is 5.91 Å². The summed E-state index contributed by atoms with van der Waals surface area (Å²) in [5, 5.41) is 2.66. The first-order valence-corrected chi connectivity index (χ1v) is 9.32. The van der Waals surface area contributed by atoms with Gasteiger partial charge in [0.1, 0.15) is 5.82 Å². The van der Waals surface area contributed by atoms with Crippen molar-refractivity contribution in [1.82, 2.24) is 5.32 Å². The fourth-order valence-corrected chi connectivity index (χ4v) is 2.76. The van der Waals surface area contributed by atoms with Crippen LogP contribution in [-0.2, 0) is 0 Å². The molecule has 0 aliphatic rings. The molecule has 2 aromatic carbocycles. The summed E-state index contributed by atoms with van der Waals surface area (Å²) < 4.78 is 0. The maximum absolute atomic E-state index is 12.3. The summed E-state index contributed by atoms with van der Waals surface area (Å²) in [5.41, 5.74) is 13.6. The van der Waals surface area contributed by atoms with Gasteiger partial charge in [-0.05, 0) is 59.9 Å². The predicted octanol–water partition coefficient (Wildman–Crippen LogP) is 3.31. The highest BCUT2D eigenvalue weighted by Gasteiger charge is 2.08. The van der Waals surface area contributed by atoms with Crippen molar-refractivity contribution >= 4 is 29.1 Å².